The maximum Gasteiger partial charge on any atom is 0.243 e. The maximum absolute atomic E-state index is 13.2. The van der Waals surface area contributed by atoms with Crippen LogP contribution >= 0.6 is 0 Å². The van der Waals surface area contributed by atoms with Crippen molar-refractivity contribution in [3.8, 4) is 0 Å². The van der Waals surface area contributed by atoms with E-state index in [1.54, 1.807) is 0 Å². The van der Waals surface area contributed by atoms with Crippen molar-refractivity contribution >= 4 is 5.91 Å². The van der Waals surface area contributed by atoms with Crippen LogP contribution in [0.2, 0.25) is 0 Å². The summed E-state index contributed by atoms with van der Waals surface area (Å²) in [5, 5.41) is 0. The van der Waals surface area contributed by atoms with Gasteiger partial charge < -0.3 is 15.4 Å². The third kappa shape index (κ3) is 2.40. The molecule has 2 fully saturated rings. The van der Waals surface area contributed by atoms with Crippen molar-refractivity contribution in [2.75, 3.05) is 13.2 Å². The van der Waals surface area contributed by atoms with Gasteiger partial charge in [0.25, 0.3) is 0 Å². The van der Waals surface area contributed by atoms with E-state index in [9.17, 15) is 4.79 Å². The summed E-state index contributed by atoms with van der Waals surface area (Å²) in [4.78, 5) is 15.2. The first-order valence-electron chi connectivity index (χ1n) is 8.35. The van der Waals surface area contributed by atoms with Crippen molar-refractivity contribution < 1.29 is 9.53 Å². The van der Waals surface area contributed by atoms with Crippen LogP contribution in [0.4, 0.5) is 0 Å². The van der Waals surface area contributed by atoms with Gasteiger partial charge in [-0.3, -0.25) is 4.79 Å². The van der Waals surface area contributed by atoms with Gasteiger partial charge >= 0.3 is 0 Å². The second kappa shape index (κ2) is 5.54. The lowest BCUT2D eigenvalue weighted by Crippen LogP contribution is -2.82. The molecule has 2 N–H and O–H groups in total. The first-order chi connectivity index (χ1) is 9.64. The summed E-state index contributed by atoms with van der Waals surface area (Å²) in [5.41, 5.74) is 5.65. The van der Waals surface area contributed by atoms with E-state index in [0.29, 0.717) is 5.92 Å². The third-order valence-electron chi connectivity index (χ3n) is 5.48. The number of nitrogens with zero attached hydrogens (tertiary/aromatic N) is 1. The molecule has 0 aromatic heterocycles. The second-order valence-corrected chi connectivity index (χ2v) is 8.08. The van der Waals surface area contributed by atoms with Gasteiger partial charge in [0, 0.05) is 30.5 Å². The Hall–Kier alpha value is -0.610. The minimum atomic E-state index is -0.781. The highest BCUT2D eigenvalue weighted by Gasteiger charge is 2.70. The van der Waals surface area contributed by atoms with Crippen molar-refractivity contribution in [2.45, 2.75) is 72.1 Å². The first-order valence-corrected chi connectivity index (χ1v) is 8.35. The van der Waals surface area contributed by atoms with Gasteiger partial charge in [-0.2, -0.15) is 0 Å². The Morgan fingerprint density at radius 3 is 2.48 bits per heavy atom. The molecule has 4 nitrogen and oxygen atoms in total. The van der Waals surface area contributed by atoms with Crippen LogP contribution in [0.25, 0.3) is 0 Å². The number of hydrogen-bond acceptors (Lipinski definition) is 3. The molecule has 1 amide bonds. The van der Waals surface area contributed by atoms with Crippen LogP contribution in [0.3, 0.4) is 0 Å². The number of nitrogens with two attached hydrogens (primary N) is 1. The molecule has 0 aromatic rings. The number of hydrogen-bond donors (Lipinski definition) is 1. The molecule has 1 saturated carbocycles. The zero-order valence-corrected chi connectivity index (χ0v) is 14.5. The minimum Gasteiger partial charge on any atom is -0.377 e. The second-order valence-electron chi connectivity index (χ2n) is 8.08. The molecule has 3 unspecified atom stereocenters. The molecular weight excluding hydrogens is 264 g/mol. The predicted molar refractivity (Wildman–Crippen MR) is 84.9 cm³/mol. The largest absolute Gasteiger partial charge is 0.377 e. The van der Waals surface area contributed by atoms with Crippen LogP contribution in [0.1, 0.15) is 54.4 Å². The lowest BCUT2D eigenvalue weighted by atomic mass is 9.46. The first kappa shape index (κ1) is 16.8. The van der Waals surface area contributed by atoms with Crippen LogP contribution in [0.15, 0.2) is 0 Å². The molecule has 2 rings (SSSR count). The van der Waals surface area contributed by atoms with Gasteiger partial charge in [0.15, 0.2) is 0 Å². The Morgan fingerprint density at radius 1 is 1.33 bits per heavy atom. The molecule has 0 aromatic carbocycles. The van der Waals surface area contributed by atoms with E-state index in [1.165, 1.54) is 0 Å². The van der Waals surface area contributed by atoms with E-state index < -0.39 is 5.54 Å². The smallest absolute Gasteiger partial charge is 0.243 e. The molecular formula is C17H32N2O2. The molecule has 1 heterocycles. The fourth-order valence-electron chi connectivity index (χ4n) is 4.17. The zero-order chi connectivity index (χ0) is 16.0. The molecule has 2 aliphatic rings. The number of carbonyl (C=O) groups is 1. The fraction of sp³-hybridized carbons (Fsp3) is 0.941. The Balaban J connectivity index is 2.27. The zero-order valence-electron chi connectivity index (χ0n) is 14.5. The van der Waals surface area contributed by atoms with Gasteiger partial charge in [-0.05, 0) is 32.6 Å². The SMILES string of the molecule is CC(C)CN(C(=O)C1(N)C2CCCOC2C1(C)C)C(C)C. The molecule has 21 heavy (non-hydrogen) atoms. The van der Waals surface area contributed by atoms with Crippen LogP contribution in [0.5, 0.6) is 0 Å². The summed E-state index contributed by atoms with van der Waals surface area (Å²) in [5.74, 6) is 0.728. The fourth-order valence-corrected chi connectivity index (χ4v) is 4.17. The number of fused-ring (bicyclic) bond motifs is 1. The minimum absolute atomic E-state index is 0.114. The highest BCUT2D eigenvalue weighted by molar-refractivity contribution is 5.89. The summed E-state index contributed by atoms with van der Waals surface area (Å²) in [7, 11) is 0. The van der Waals surface area contributed by atoms with E-state index >= 15 is 0 Å². The maximum atomic E-state index is 13.2. The summed E-state index contributed by atoms with van der Waals surface area (Å²) in [6.45, 7) is 14.2. The molecule has 122 valence electrons. The lowest BCUT2D eigenvalue weighted by Gasteiger charge is -2.66. The number of amides is 1. The van der Waals surface area contributed by atoms with E-state index in [4.69, 9.17) is 10.5 Å². The summed E-state index contributed by atoms with van der Waals surface area (Å²) < 4.78 is 5.91. The normalized spacial score (nSPS) is 34.5. The molecule has 1 aliphatic carbocycles. The Morgan fingerprint density at radius 2 is 1.95 bits per heavy atom. The molecule has 0 bridgehead atoms. The molecule has 0 spiro atoms. The number of carbonyl (C=O) groups excluding carboxylic acids is 1. The van der Waals surface area contributed by atoms with Gasteiger partial charge in [-0.15, -0.1) is 0 Å². The van der Waals surface area contributed by atoms with Crippen molar-refractivity contribution in [3.63, 3.8) is 0 Å². The van der Waals surface area contributed by atoms with Crippen molar-refractivity contribution in [1.82, 2.24) is 4.90 Å². The van der Waals surface area contributed by atoms with E-state index in [1.807, 2.05) is 4.90 Å². The average molecular weight is 296 g/mol. The van der Waals surface area contributed by atoms with Crippen LogP contribution in [-0.4, -0.2) is 41.6 Å². The highest BCUT2D eigenvalue weighted by atomic mass is 16.5. The third-order valence-corrected chi connectivity index (χ3v) is 5.48. The summed E-state index contributed by atoms with van der Waals surface area (Å²) in [6, 6.07) is 0.180. The summed E-state index contributed by atoms with van der Waals surface area (Å²) >= 11 is 0. The standard InChI is InChI=1S/C17H32N2O2/c1-11(2)10-19(12(3)4)15(20)17(18)13-8-7-9-21-14(13)16(17,5)6/h11-14H,7-10,18H2,1-6H3. The predicted octanol–water partition coefficient (Wildman–Crippen LogP) is 2.41. The van der Waals surface area contributed by atoms with Crippen molar-refractivity contribution in [2.24, 2.45) is 23.0 Å². The highest BCUT2D eigenvalue weighted by Crippen LogP contribution is 2.58. The Bertz CT molecular complexity index is 406. The van der Waals surface area contributed by atoms with Crippen molar-refractivity contribution in [3.05, 3.63) is 0 Å². The van der Waals surface area contributed by atoms with Crippen LogP contribution < -0.4 is 5.73 Å². The van der Waals surface area contributed by atoms with Crippen molar-refractivity contribution in [1.29, 1.82) is 0 Å². The van der Waals surface area contributed by atoms with Gasteiger partial charge in [0.05, 0.1) is 6.10 Å². The lowest BCUT2D eigenvalue weighted by molar-refractivity contribution is -0.231. The Labute approximate surface area is 129 Å². The quantitative estimate of drug-likeness (QED) is 0.867. The Kier molecular flexibility index (Phi) is 4.42. The van der Waals surface area contributed by atoms with Gasteiger partial charge in [0.1, 0.15) is 5.54 Å². The number of ether oxygens (including phenoxy) is 1. The average Bonchev–Trinajstić information content (AvgIpc) is 2.42. The van der Waals surface area contributed by atoms with Crippen LogP contribution in [-0.2, 0) is 9.53 Å². The van der Waals surface area contributed by atoms with E-state index in [-0.39, 0.29) is 29.4 Å². The summed E-state index contributed by atoms with van der Waals surface area (Å²) in [6.07, 6.45) is 2.15. The van der Waals surface area contributed by atoms with Crippen LogP contribution in [0, 0.1) is 17.3 Å². The topological polar surface area (TPSA) is 55.6 Å². The van der Waals surface area contributed by atoms with Gasteiger partial charge in [0.2, 0.25) is 5.91 Å². The monoisotopic (exact) mass is 296 g/mol. The molecule has 3 atom stereocenters. The van der Waals surface area contributed by atoms with E-state index in [2.05, 4.69) is 41.5 Å². The number of rotatable bonds is 4. The molecule has 1 saturated heterocycles. The molecule has 1 aliphatic heterocycles. The van der Waals surface area contributed by atoms with Gasteiger partial charge in [-0.1, -0.05) is 27.7 Å². The van der Waals surface area contributed by atoms with Gasteiger partial charge in [-0.25, -0.2) is 0 Å². The van der Waals surface area contributed by atoms with E-state index in [0.717, 1.165) is 26.0 Å². The molecule has 4 heteroatoms. The molecule has 0 radical (unpaired) electrons.